The smallest absolute Gasteiger partial charge is 0.260 e. The molecule has 0 bridgehead atoms. The van der Waals surface area contributed by atoms with Crippen molar-refractivity contribution in [2.24, 2.45) is 0 Å². The number of aryl methyl sites for hydroxylation is 1. The fourth-order valence-corrected chi connectivity index (χ4v) is 3.26. The highest BCUT2D eigenvalue weighted by Gasteiger charge is 2.20. The molecule has 3 aromatic rings. The van der Waals surface area contributed by atoms with Crippen molar-refractivity contribution >= 4 is 32.6 Å². The Hall–Kier alpha value is -2.46. The molecule has 3 rings (SSSR count). The van der Waals surface area contributed by atoms with E-state index in [9.17, 15) is 4.79 Å². The van der Waals surface area contributed by atoms with E-state index in [4.69, 9.17) is 0 Å². The molecule has 1 aromatic heterocycles. The zero-order chi connectivity index (χ0) is 15.5. The molecule has 3 nitrogen and oxygen atoms in total. The topological polar surface area (TPSA) is 33.2 Å². The summed E-state index contributed by atoms with van der Waals surface area (Å²) in [5.74, 6) is -0.0531. The molecule has 1 heterocycles. The molecule has 1 amide bonds. The molecule has 110 valence electrons. The Labute approximate surface area is 133 Å². The van der Waals surface area contributed by atoms with Crippen molar-refractivity contribution in [3.8, 4) is 0 Å². The van der Waals surface area contributed by atoms with E-state index in [0.717, 1.165) is 15.8 Å². The summed E-state index contributed by atoms with van der Waals surface area (Å²) < 4.78 is 1.07. The van der Waals surface area contributed by atoms with Crippen LogP contribution in [0.2, 0.25) is 0 Å². The standard InChI is InChI=1S/C18H16N2OS/c1-3-11-20(17(21)14-8-6-7-13(2)12-14)18-19-15-9-4-5-10-16(15)22-18/h3-10,12H,1,11H2,2H3. The van der Waals surface area contributed by atoms with Crippen molar-refractivity contribution in [2.45, 2.75) is 6.92 Å². The van der Waals surface area contributed by atoms with Crippen LogP contribution in [0.25, 0.3) is 10.2 Å². The van der Waals surface area contributed by atoms with Gasteiger partial charge in [0.05, 0.1) is 10.2 Å². The number of carbonyl (C=O) groups is 1. The Morgan fingerprint density at radius 1 is 1.27 bits per heavy atom. The second-order valence-electron chi connectivity index (χ2n) is 5.04. The van der Waals surface area contributed by atoms with Crippen LogP contribution in [0, 0.1) is 6.92 Å². The summed E-state index contributed by atoms with van der Waals surface area (Å²) in [6, 6.07) is 15.5. The molecule has 0 aliphatic carbocycles. The molecule has 0 N–H and O–H groups in total. The predicted molar refractivity (Wildman–Crippen MR) is 92.7 cm³/mol. The number of para-hydroxylation sites is 1. The van der Waals surface area contributed by atoms with Crippen molar-refractivity contribution in [3.05, 3.63) is 72.3 Å². The Bertz CT molecular complexity index is 805. The van der Waals surface area contributed by atoms with Gasteiger partial charge >= 0.3 is 0 Å². The molecule has 0 aliphatic rings. The number of anilines is 1. The lowest BCUT2D eigenvalue weighted by Gasteiger charge is -2.18. The van der Waals surface area contributed by atoms with Gasteiger partial charge in [0, 0.05) is 12.1 Å². The summed E-state index contributed by atoms with van der Waals surface area (Å²) in [4.78, 5) is 19.1. The van der Waals surface area contributed by atoms with E-state index in [1.165, 1.54) is 11.3 Å². The maximum atomic E-state index is 12.8. The lowest BCUT2D eigenvalue weighted by atomic mass is 10.1. The number of hydrogen-bond acceptors (Lipinski definition) is 3. The van der Waals surface area contributed by atoms with Gasteiger partial charge in [-0.25, -0.2) is 4.98 Å². The third kappa shape index (κ3) is 2.78. The number of carbonyl (C=O) groups excluding carboxylic acids is 1. The van der Waals surface area contributed by atoms with Crippen molar-refractivity contribution in [3.63, 3.8) is 0 Å². The summed E-state index contributed by atoms with van der Waals surface area (Å²) in [5, 5.41) is 0.701. The van der Waals surface area contributed by atoms with Crippen LogP contribution in [0.1, 0.15) is 15.9 Å². The maximum Gasteiger partial charge on any atom is 0.260 e. The average Bonchev–Trinajstić information content (AvgIpc) is 2.95. The SMILES string of the molecule is C=CCN(C(=O)c1cccc(C)c1)c1nc2ccccc2s1. The minimum absolute atomic E-state index is 0.0531. The first-order chi connectivity index (χ1) is 10.7. The van der Waals surface area contributed by atoms with Gasteiger partial charge in [-0.3, -0.25) is 9.69 Å². The summed E-state index contributed by atoms with van der Waals surface area (Å²) in [7, 11) is 0. The molecule has 0 saturated carbocycles. The van der Waals surface area contributed by atoms with Crippen LogP contribution in [0.3, 0.4) is 0 Å². The van der Waals surface area contributed by atoms with E-state index in [1.807, 2.05) is 55.5 Å². The molecule has 0 saturated heterocycles. The number of nitrogens with zero attached hydrogens (tertiary/aromatic N) is 2. The molecule has 0 spiro atoms. The normalized spacial score (nSPS) is 10.6. The lowest BCUT2D eigenvalue weighted by Crippen LogP contribution is -2.30. The number of amides is 1. The van der Waals surface area contributed by atoms with E-state index in [2.05, 4.69) is 11.6 Å². The number of thiazole rings is 1. The van der Waals surface area contributed by atoms with Crippen molar-refractivity contribution in [1.82, 2.24) is 4.98 Å². The molecule has 0 aliphatic heterocycles. The molecule has 0 atom stereocenters. The average molecular weight is 308 g/mol. The number of aromatic nitrogens is 1. The van der Waals surface area contributed by atoms with Crippen LogP contribution >= 0.6 is 11.3 Å². The van der Waals surface area contributed by atoms with Crippen LogP contribution < -0.4 is 4.90 Å². The second-order valence-corrected chi connectivity index (χ2v) is 6.05. The van der Waals surface area contributed by atoms with E-state index < -0.39 is 0 Å². The van der Waals surface area contributed by atoms with Crippen LogP contribution in [0.4, 0.5) is 5.13 Å². The van der Waals surface area contributed by atoms with Gasteiger partial charge in [0.25, 0.3) is 5.91 Å². The quantitative estimate of drug-likeness (QED) is 0.668. The van der Waals surface area contributed by atoms with Gasteiger partial charge in [-0.05, 0) is 31.2 Å². The van der Waals surface area contributed by atoms with E-state index in [1.54, 1.807) is 11.0 Å². The number of hydrogen-bond donors (Lipinski definition) is 0. The largest absolute Gasteiger partial charge is 0.280 e. The van der Waals surface area contributed by atoms with Crippen LogP contribution in [0.5, 0.6) is 0 Å². The maximum absolute atomic E-state index is 12.8. The highest BCUT2D eigenvalue weighted by molar-refractivity contribution is 7.22. The van der Waals surface area contributed by atoms with Crippen LogP contribution in [0.15, 0.2) is 61.2 Å². The molecule has 0 radical (unpaired) electrons. The number of fused-ring (bicyclic) bond motifs is 1. The fraction of sp³-hybridized carbons (Fsp3) is 0.111. The zero-order valence-corrected chi connectivity index (χ0v) is 13.1. The van der Waals surface area contributed by atoms with E-state index >= 15 is 0 Å². The Morgan fingerprint density at radius 2 is 2.09 bits per heavy atom. The monoisotopic (exact) mass is 308 g/mol. The molecular formula is C18H16N2OS. The van der Waals surface area contributed by atoms with Crippen molar-refractivity contribution < 1.29 is 4.79 Å². The fourth-order valence-electron chi connectivity index (χ4n) is 2.29. The molecule has 2 aromatic carbocycles. The number of rotatable bonds is 4. The third-order valence-electron chi connectivity index (χ3n) is 3.34. The highest BCUT2D eigenvalue weighted by Crippen LogP contribution is 2.29. The minimum atomic E-state index is -0.0531. The molecule has 0 fully saturated rings. The van der Waals surface area contributed by atoms with Gasteiger partial charge in [-0.2, -0.15) is 0 Å². The zero-order valence-electron chi connectivity index (χ0n) is 12.3. The first-order valence-electron chi connectivity index (χ1n) is 7.04. The molecule has 0 unspecified atom stereocenters. The van der Waals surface area contributed by atoms with E-state index in [0.29, 0.717) is 17.2 Å². The first-order valence-corrected chi connectivity index (χ1v) is 7.85. The van der Waals surface area contributed by atoms with Gasteiger partial charge in [0.15, 0.2) is 5.13 Å². The van der Waals surface area contributed by atoms with Gasteiger partial charge < -0.3 is 0 Å². The third-order valence-corrected chi connectivity index (χ3v) is 4.39. The van der Waals surface area contributed by atoms with Crippen molar-refractivity contribution in [1.29, 1.82) is 0 Å². The summed E-state index contributed by atoms with van der Waals surface area (Å²) in [5.41, 5.74) is 2.64. The highest BCUT2D eigenvalue weighted by atomic mass is 32.1. The van der Waals surface area contributed by atoms with E-state index in [-0.39, 0.29) is 5.91 Å². The summed E-state index contributed by atoms with van der Waals surface area (Å²) >= 11 is 1.52. The van der Waals surface area contributed by atoms with Gasteiger partial charge in [0.1, 0.15) is 0 Å². The van der Waals surface area contributed by atoms with Crippen LogP contribution in [-0.2, 0) is 0 Å². The minimum Gasteiger partial charge on any atom is -0.280 e. The molecule has 22 heavy (non-hydrogen) atoms. The Morgan fingerprint density at radius 3 is 2.82 bits per heavy atom. The van der Waals surface area contributed by atoms with Gasteiger partial charge in [-0.1, -0.05) is 47.2 Å². The second kappa shape index (κ2) is 6.12. The molecule has 4 heteroatoms. The first kappa shape index (κ1) is 14.5. The predicted octanol–water partition coefficient (Wildman–Crippen LogP) is 4.44. The Kier molecular flexibility index (Phi) is 4.02. The Balaban J connectivity index is 2.01. The van der Waals surface area contributed by atoms with Crippen molar-refractivity contribution in [2.75, 3.05) is 11.4 Å². The van der Waals surface area contributed by atoms with Gasteiger partial charge in [0.2, 0.25) is 0 Å². The lowest BCUT2D eigenvalue weighted by molar-refractivity contribution is 0.0989. The van der Waals surface area contributed by atoms with Gasteiger partial charge in [-0.15, -0.1) is 6.58 Å². The number of benzene rings is 2. The van der Waals surface area contributed by atoms with Crippen LogP contribution in [-0.4, -0.2) is 17.4 Å². The summed E-state index contributed by atoms with van der Waals surface area (Å²) in [6.07, 6.45) is 1.72. The summed E-state index contributed by atoms with van der Waals surface area (Å²) in [6.45, 7) is 6.17. The molecular weight excluding hydrogens is 292 g/mol.